The Kier molecular flexibility index (Phi) is 4.73. The highest BCUT2D eigenvalue weighted by Crippen LogP contribution is 2.21. The van der Waals surface area contributed by atoms with E-state index in [0.29, 0.717) is 17.9 Å². The molecular formula is C17H14BrN3O2. The highest BCUT2D eigenvalue weighted by Gasteiger charge is 2.09. The van der Waals surface area contributed by atoms with Crippen LogP contribution in [0.5, 0.6) is 0 Å². The predicted octanol–water partition coefficient (Wildman–Crippen LogP) is 4.30. The Labute approximate surface area is 141 Å². The van der Waals surface area contributed by atoms with Crippen LogP contribution in [0.1, 0.15) is 16.2 Å². The first-order valence-electron chi connectivity index (χ1n) is 7.00. The summed E-state index contributed by atoms with van der Waals surface area (Å²) < 4.78 is 6.07. The number of amides is 1. The van der Waals surface area contributed by atoms with Crippen molar-refractivity contribution in [3.63, 3.8) is 0 Å². The minimum Gasteiger partial charge on any atom is -0.467 e. The van der Waals surface area contributed by atoms with Crippen molar-refractivity contribution in [2.45, 2.75) is 6.54 Å². The molecule has 2 heterocycles. The van der Waals surface area contributed by atoms with Gasteiger partial charge in [0.05, 0.1) is 30.4 Å². The van der Waals surface area contributed by atoms with Crippen molar-refractivity contribution >= 4 is 33.2 Å². The maximum Gasteiger partial charge on any atom is 0.274 e. The molecule has 3 rings (SSSR count). The molecule has 0 spiro atoms. The van der Waals surface area contributed by atoms with Crippen LogP contribution >= 0.6 is 15.9 Å². The lowest BCUT2D eigenvalue weighted by Crippen LogP contribution is -2.14. The van der Waals surface area contributed by atoms with Crippen LogP contribution in [0, 0.1) is 0 Å². The lowest BCUT2D eigenvalue weighted by atomic mass is 10.3. The van der Waals surface area contributed by atoms with Crippen LogP contribution in [0.15, 0.2) is 69.9 Å². The molecule has 0 fully saturated rings. The van der Waals surface area contributed by atoms with Gasteiger partial charge in [0.1, 0.15) is 11.5 Å². The Morgan fingerprint density at radius 3 is 2.70 bits per heavy atom. The highest BCUT2D eigenvalue weighted by molar-refractivity contribution is 9.10. The molecule has 0 radical (unpaired) electrons. The normalized spacial score (nSPS) is 10.3. The molecule has 0 aliphatic carbocycles. The summed E-state index contributed by atoms with van der Waals surface area (Å²) in [6.07, 6.45) is 3.25. The summed E-state index contributed by atoms with van der Waals surface area (Å²) in [5.41, 5.74) is 1.88. The Bertz CT molecular complexity index is 786. The molecular weight excluding hydrogens is 358 g/mol. The summed E-state index contributed by atoms with van der Waals surface area (Å²) in [5, 5.41) is 5.99. The number of carbonyl (C=O) groups is 1. The molecule has 2 N–H and O–H groups in total. The van der Waals surface area contributed by atoms with E-state index >= 15 is 0 Å². The van der Waals surface area contributed by atoms with Crippen LogP contribution in [0.2, 0.25) is 0 Å². The van der Waals surface area contributed by atoms with Crippen LogP contribution in [0.3, 0.4) is 0 Å². The summed E-state index contributed by atoms with van der Waals surface area (Å²) >= 11 is 3.39. The van der Waals surface area contributed by atoms with Crippen molar-refractivity contribution in [3.05, 3.63) is 76.9 Å². The van der Waals surface area contributed by atoms with Crippen molar-refractivity contribution in [1.29, 1.82) is 0 Å². The SMILES string of the molecule is O=C(Nc1ccccc1Br)c1ccc(NCc2ccco2)cn1. The summed E-state index contributed by atoms with van der Waals surface area (Å²) in [5.74, 6) is 0.579. The van der Waals surface area contributed by atoms with E-state index in [1.807, 2.05) is 42.5 Å². The lowest BCUT2D eigenvalue weighted by Gasteiger charge is -2.08. The van der Waals surface area contributed by atoms with Gasteiger partial charge >= 0.3 is 0 Å². The molecule has 0 saturated heterocycles. The van der Waals surface area contributed by atoms with Gasteiger partial charge < -0.3 is 15.1 Å². The maximum absolute atomic E-state index is 12.2. The number of hydrogen-bond donors (Lipinski definition) is 2. The lowest BCUT2D eigenvalue weighted by molar-refractivity contribution is 0.102. The Morgan fingerprint density at radius 1 is 1.13 bits per heavy atom. The average Bonchev–Trinajstić information content (AvgIpc) is 3.09. The summed E-state index contributed by atoms with van der Waals surface area (Å²) in [6, 6.07) is 14.6. The van der Waals surface area contributed by atoms with Gasteiger partial charge in [0.25, 0.3) is 5.91 Å². The van der Waals surface area contributed by atoms with Crippen molar-refractivity contribution in [1.82, 2.24) is 4.98 Å². The van der Waals surface area contributed by atoms with E-state index in [9.17, 15) is 4.79 Å². The predicted molar refractivity (Wildman–Crippen MR) is 92.4 cm³/mol. The van der Waals surface area contributed by atoms with Gasteiger partial charge in [-0.3, -0.25) is 4.79 Å². The monoisotopic (exact) mass is 371 g/mol. The van der Waals surface area contributed by atoms with Crippen LogP contribution in [-0.4, -0.2) is 10.9 Å². The van der Waals surface area contributed by atoms with Crippen LogP contribution in [-0.2, 0) is 6.54 Å². The molecule has 116 valence electrons. The summed E-state index contributed by atoms with van der Waals surface area (Å²) in [6.45, 7) is 0.567. The molecule has 0 unspecified atom stereocenters. The molecule has 0 saturated carbocycles. The third-order valence-corrected chi connectivity index (χ3v) is 3.86. The van der Waals surface area contributed by atoms with Crippen LogP contribution in [0.25, 0.3) is 0 Å². The van der Waals surface area contributed by atoms with Crippen molar-refractivity contribution in [2.24, 2.45) is 0 Å². The number of carbonyl (C=O) groups excluding carboxylic acids is 1. The first-order chi connectivity index (χ1) is 11.2. The zero-order valence-electron chi connectivity index (χ0n) is 12.1. The second-order valence-corrected chi connectivity index (χ2v) is 5.65. The Morgan fingerprint density at radius 2 is 2.00 bits per heavy atom. The molecule has 0 aliphatic rings. The summed E-state index contributed by atoms with van der Waals surface area (Å²) in [4.78, 5) is 16.4. The molecule has 0 bridgehead atoms. The van der Waals surface area contributed by atoms with E-state index in [-0.39, 0.29) is 5.91 Å². The Hall–Kier alpha value is -2.60. The van der Waals surface area contributed by atoms with Crippen molar-refractivity contribution < 1.29 is 9.21 Å². The topological polar surface area (TPSA) is 67.2 Å². The van der Waals surface area contributed by atoms with Gasteiger partial charge in [0.15, 0.2) is 0 Å². The van der Waals surface area contributed by atoms with Crippen LogP contribution in [0.4, 0.5) is 11.4 Å². The standard InChI is InChI=1S/C17H14BrN3O2/c18-14-5-1-2-6-15(14)21-17(22)16-8-7-12(10-20-16)19-11-13-4-3-9-23-13/h1-10,19H,11H2,(H,21,22). The molecule has 0 atom stereocenters. The van der Waals surface area contributed by atoms with E-state index in [1.54, 1.807) is 18.5 Å². The first kappa shape index (κ1) is 15.3. The van der Waals surface area contributed by atoms with Gasteiger partial charge in [-0.2, -0.15) is 0 Å². The number of anilines is 2. The van der Waals surface area contributed by atoms with Gasteiger partial charge in [0.2, 0.25) is 0 Å². The fourth-order valence-electron chi connectivity index (χ4n) is 1.98. The second kappa shape index (κ2) is 7.11. The first-order valence-corrected chi connectivity index (χ1v) is 7.80. The van der Waals surface area contributed by atoms with Gasteiger partial charge in [0, 0.05) is 4.47 Å². The quantitative estimate of drug-likeness (QED) is 0.701. The van der Waals surface area contributed by atoms with E-state index in [4.69, 9.17) is 4.42 Å². The number of furan rings is 1. The number of benzene rings is 1. The van der Waals surface area contributed by atoms with Gasteiger partial charge in [-0.1, -0.05) is 12.1 Å². The minimum absolute atomic E-state index is 0.255. The zero-order valence-corrected chi connectivity index (χ0v) is 13.7. The maximum atomic E-state index is 12.2. The van der Waals surface area contributed by atoms with E-state index < -0.39 is 0 Å². The molecule has 1 amide bonds. The van der Waals surface area contributed by atoms with Crippen molar-refractivity contribution in [3.8, 4) is 0 Å². The average molecular weight is 372 g/mol. The molecule has 23 heavy (non-hydrogen) atoms. The van der Waals surface area contributed by atoms with E-state index in [1.165, 1.54) is 0 Å². The number of pyridine rings is 1. The largest absolute Gasteiger partial charge is 0.467 e. The third kappa shape index (κ3) is 3.98. The van der Waals surface area contributed by atoms with Crippen LogP contribution < -0.4 is 10.6 Å². The van der Waals surface area contributed by atoms with E-state index in [2.05, 4.69) is 31.5 Å². The number of aromatic nitrogens is 1. The molecule has 2 aromatic heterocycles. The summed E-state index contributed by atoms with van der Waals surface area (Å²) in [7, 11) is 0. The second-order valence-electron chi connectivity index (χ2n) is 4.80. The zero-order chi connectivity index (χ0) is 16.1. The van der Waals surface area contributed by atoms with Gasteiger partial charge in [-0.05, 0) is 52.3 Å². The smallest absolute Gasteiger partial charge is 0.274 e. The third-order valence-electron chi connectivity index (χ3n) is 3.17. The number of rotatable bonds is 5. The number of para-hydroxylation sites is 1. The Balaban J connectivity index is 1.62. The van der Waals surface area contributed by atoms with Gasteiger partial charge in [-0.15, -0.1) is 0 Å². The number of hydrogen-bond acceptors (Lipinski definition) is 4. The molecule has 5 nitrogen and oxygen atoms in total. The number of nitrogens with one attached hydrogen (secondary N) is 2. The fourth-order valence-corrected chi connectivity index (χ4v) is 2.37. The molecule has 1 aromatic carbocycles. The number of nitrogens with zero attached hydrogens (tertiary/aromatic N) is 1. The highest BCUT2D eigenvalue weighted by atomic mass is 79.9. The van der Waals surface area contributed by atoms with Gasteiger partial charge in [-0.25, -0.2) is 4.98 Å². The number of halogens is 1. The fraction of sp³-hybridized carbons (Fsp3) is 0.0588. The minimum atomic E-state index is -0.255. The molecule has 6 heteroatoms. The molecule has 0 aliphatic heterocycles. The van der Waals surface area contributed by atoms with Crippen molar-refractivity contribution in [2.75, 3.05) is 10.6 Å². The van der Waals surface area contributed by atoms with E-state index in [0.717, 1.165) is 15.9 Å². The molecule has 3 aromatic rings.